The lowest BCUT2D eigenvalue weighted by molar-refractivity contribution is -0.0683. The van der Waals surface area contributed by atoms with E-state index in [2.05, 4.69) is 53.1 Å². The van der Waals surface area contributed by atoms with Gasteiger partial charge in [0, 0.05) is 36.2 Å². The number of rotatable bonds is 3. The second kappa shape index (κ2) is 6.68. The highest BCUT2D eigenvalue weighted by molar-refractivity contribution is 8.00. The highest BCUT2D eigenvalue weighted by Gasteiger charge is 2.52. The molecule has 5 atom stereocenters. The van der Waals surface area contributed by atoms with Crippen LogP contribution in [0.15, 0.2) is 24.3 Å². The fourth-order valence-corrected chi connectivity index (χ4v) is 6.28. The van der Waals surface area contributed by atoms with E-state index in [9.17, 15) is 0 Å². The third kappa shape index (κ3) is 3.12. The number of hydrazine groups is 1. The number of likely N-dealkylation sites (tertiary alicyclic amines) is 1. The Morgan fingerprint density at radius 2 is 2.16 bits per heavy atom. The molecule has 0 bridgehead atoms. The molecule has 1 aromatic carbocycles. The predicted molar refractivity (Wildman–Crippen MR) is 105 cm³/mol. The molecule has 0 aromatic heterocycles. The second-order valence-corrected chi connectivity index (χ2v) is 9.28. The van der Waals surface area contributed by atoms with Crippen molar-refractivity contribution < 1.29 is 0 Å². The van der Waals surface area contributed by atoms with Crippen LogP contribution in [0.2, 0.25) is 5.02 Å². The van der Waals surface area contributed by atoms with Crippen LogP contribution >= 0.6 is 23.4 Å². The number of halogens is 1. The summed E-state index contributed by atoms with van der Waals surface area (Å²) in [7, 11) is 0. The van der Waals surface area contributed by atoms with Gasteiger partial charge in [-0.25, -0.2) is 10.0 Å². The lowest BCUT2D eigenvalue weighted by atomic mass is 10.0. The molecule has 3 fully saturated rings. The van der Waals surface area contributed by atoms with Crippen LogP contribution in [0.3, 0.4) is 0 Å². The largest absolute Gasteiger partial charge is 0.324 e. The van der Waals surface area contributed by atoms with E-state index in [4.69, 9.17) is 17.3 Å². The van der Waals surface area contributed by atoms with E-state index in [1.807, 2.05) is 23.9 Å². The van der Waals surface area contributed by atoms with Gasteiger partial charge in [-0.1, -0.05) is 48.5 Å². The number of hydrogen-bond donors (Lipinski definition) is 2. The first-order valence-electron chi connectivity index (χ1n) is 9.15. The van der Waals surface area contributed by atoms with Crippen LogP contribution in [-0.2, 0) is 0 Å². The molecule has 5 nitrogen and oxygen atoms in total. The monoisotopic (exact) mass is 381 g/mol. The standard InChI is InChI=1S/C18H28ClN5S/c1-4-23-17(22-10-9-18(3,20)11-22)25-16-21-15(12(2)24(16)23)13-7-5-6-8-14(13)19/h5-8,12,15-17,21H,4,9-11,20H2,1-3H3. The number of nitrogens with one attached hydrogen (secondary N) is 1. The van der Waals surface area contributed by atoms with Crippen LogP contribution in [0.25, 0.3) is 0 Å². The minimum atomic E-state index is -0.0633. The molecule has 4 rings (SSSR count). The average molecular weight is 382 g/mol. The minimum absolute atomic E-state index is 0.0633. The first kappa shape index (κ1) is 18.0. The Labute approximate surface area is 159 Å². The first-order valence-corrected chi connectivity index (χ1v) is 10.5. The van der Waals surface area contributed by atoms with Crippen LogP contribution < -0.4 is 11.1 Å². The molecule has 0 spiro atoms. The van der Waals surface area contributed by atoms with Gasteiger partial charge in [0.25, 0.3) is 0 Å². The summed E-state index contributed by atoms with van der Waals surface area (Å²) in [4.78, 5) is 2.53. The van der Waals surface area contributed by atoms with E-state index in [0.29, 0.717) is 11.5 Å². The lowest BCUT2D eigenvalue weighted by Gasteiger charge is -2.37. The molecule has 3 aliphatic heterocycles. The van der Waals surface area contributed by atoms with E-state index in [-0.39, 0.29) is 17.1 Å². The highest BCUT2D eigenvalue weighted by atomic mass is 35.5. The van der Waals surface area contributed by atoms with Crippen LogP contribution in [-0.4, -0.2) is 57.1 Å². The van der Waals surface area contributed by atoms with Gasteiger partial charge in [0.2, 0.25) is 0 Å². The Morgan fingerprint density at radius 1 is 1.40 bits per heavy atom. The van der Waals surface area contributed by atoms with Gasteiger partial charge >= 0.3 is 0 Å². The molecule has 3 heterocycles. The highest BCUT2D eigenvalue weighted by Crippen LogP contribution is 2.46. The Kier molecular flexibility index (Phi) is 4.82. The van der Waals surface area contributed by atoms with E-state index in [1.165, 1.54) is 5.56 Å². The Balaban J connectivity index is 1.54. The van der Waals surface area contributed by atoms with Crippen LogP contribution in [0.5, 0.6) is 0 Å². The van der Waals surface area contributed by atoms with Crippen LogP contribution in [0.4, 0.5) is 0 Å². The molecular weight excluding hydrogens is 354 g/mol. The molecule has 0 saturated carbocycles. The molecule has 0 amide bonds. The summed E-state index contributed by atoms with van der Waals surface area (Å²) >= 11 is 8.45. The second-order valence-electron chi connectivity index (χ2n) is 7.73. The summed E-state index contributed by atoms with van der Waals surface area (Å²) in [6, 6.07) is 8.78. The summed E-state index contributed by atoms with van der Waals surface area (Å²) in [6.45, 7) is 9.73. The molecule has 25 heavy (non-hydrogen) atoms. The lowest BCUT2D eigenvalue weighted by Crippen LogP contribution is -2.52. The number of benzene rings is 1. The molecule has 7 heteroatoms. The summed E-state index contributed by atoms with van der Waals surface area (Å²) < 4.78 is 0. The number of fused-ring (bicyclic) bond motifs is 1. The molecule has 3 aliphatic rings. The molecule has 138 valence electrons. The molecule has 1 aromatic rings. The third-order valence-electron chi connectivity index (χ3n) is 5.68. The molecule has 0 radical (unpaired) electrons. The number of nitrogens with two attached hydrogens (primary N) is 1. The summed E-state index contributed by atoms with van der Waals surface area (Å²) in [5.74, 6) is 0. The van der Waals surface area contributed by atoms with Crippen molar-refractivity contribution in [2.75, 3.05) is 19.6 Å². The number of nitrogens with zero attached hydrogens (tertiary/aromatic N) is 3. The maximum Gasteiger partial charge on any atom is 0.126 e. The van der Waals surface area contributed by atoms with E-state index < -0.39 is 0 Å². The van der Waals surface area contributed by atoms with Gasteiger partial charge in [0.1, 0.15) is 11.0 Å². The van der Waals surface area contributed by atoms with Gasteiger partial charge < -0.3 is 5.73 Å². The van der Waals surface area contributed by atoms with E-state index in [1.54, 1.807) is 0 Å². The van der Waals surface area contributed by atoms with Crippen molar-refractivity contribution in [1.29, 1.82) is 0 Å². The summed E-state index contributed by atoms with van der Waals surface area (Å²) in [5.41, 5.74) is 8.14. The summed E-state index contributed by atoms with van der Waals surface area (Å²) in [5, 5.41) is 9.66. The zero-order chi connectivity index (χ0) is 17.8. The maximum atomic E-state index is 6.46. The van der Waals surface area contributed by atoms with Crippen LogP contribution in [0, 0.1) is 0 Å². The third-order valence-corrected chi connectivity index (χ3v) is 7.41. The topological polar surface area (TPSA) is 47.8 Å². The molecule has 0 aliphatic carbocycles. The SMILES string of the molecule is CCN1C(N2CCC(C)(N)C2)SC2NC(c3ccccc3Cl)C(C)N21. The van der Waals surface area contributed by atoms with Crippen molar-refractivity contribution in [3.05, 3.63) is 34.9 Å². The van der Waals surface area contributed by atoms with Gasteiger partial charge in [-0.15, -0.1) is 0 Å². The number of thioether (sulfide) groups is 1. The summed E-state index contributed by atoms with van der Waals surface area (Å²) in [6.07, 6.45) is 1.07. The molecule has 3 N–H and O–H groups in total. The molecular formula is C18H28ClN5S. The normalized spacial score (nSPS) is 40.0. The fourth-order valence-electron chi connectivity index (χ4n) is 4.39. The van der Waals surface area contributed by atoms with Crippen LogP contribution in [0.1, 0.15) is 38.8 Å². The fraction of sp³-hybridized carbons (Fsp3) is 0.667. The van der Waals surface area contributed by atoms with Crippen molar-refractivity contribution in [1.82, 2.24) is 20.2 Å². The van der Waals surface area contributed by atoms with Crippen molar-refractivity contribution in [3.8, 4) is 0 Å². The zero-order valence-electron chi connectivity index (χ0n) is 15.2. The smallest absolute Gasteiger partial charge is 0.126 e. The van der Waals surface area contributed by atoms with Gasteiger partial charge in [-0.05, 0) is 31.9 Å². The van der Waals surface area contributed by atoms with E-state index in [0.717, 1.165) is 31.1 Å². The van der Waals surface area contributed by atoms with Crippen molar-refractivity contribution >= 4 is 23.4 Å². The zero-order valence-corrected chi connectivity index (χ0v) is 16.7. The predicted octanol–water partition coefficient (Wildman–Crippen LogP) is 2.65. The Bertz CT molecular complexity index is 642. The van der Waals surface area contributed by atoms with Gasteiger partial charge in [0.15, 0.2) is 0 Å². The van der Waals surface area contributed by atoms with Crippen molar-refractivity contribution in [2.45, 2.75) is 55.8 Å². The molecule has 5 unspecified atom stereocenters. The van der Waals surface area contributed by atoms with E-state index >= 15 is 0 Å². The number of hydrogen-bond acceptors (Lipinski definition) is 6. The molecule has 3 saturated heterocycles. The quantitative estimate of drug-likeness (QED) is 0.839. The van der Waals surface area contributed by atoms with Gasteiger partial charge in [0.05, 0.1) is 6.04 Å². The van der Waals surface area contributed by atoms with Gasteiger partial charge in [-0.3, -0.25) is 10.2 Å². The van der Waals surface area contributed by atoms with Crippen molar-refractivity contribution in [2.24, 2.45) is 5.73 Å². The Morgan fingerprint density at radius 3 is 2.80 bits per heavy atom. The average Bonchev–Trinajstić information content (AvgIpc) is 3.20. The maximum absolute atomic E-state index is 6.46. The van der Waals surface area contributed by atoms with Crippen molar-refractivity contribution in [3.63, 3.8) is 0 Å². The first-order chi connectivity index (χ1) is 11.9. The minimum Gasteiger partial charge on any atom is -0.324 e. The Hall–Kier alpha value is -0.340. The van der Waals surface area contributed by atoms with Gasteiger partial charge in [-0.2, -0.15) is 0 Å².